The SMILES string of the molecule is CC1(C)C[C@@]2(CCO1)C[C@H]2C(=O)Nc1cc2cc(N3CCN([C@]4(C)COC[C@@H]4O)CC3)c(Cl)cc2cn1. The van der Waals surface area contributed by atoms with Gasteiger partial charge in [0.2, 0.25) is 5.91 Å². The number of fused-ring (bicyclic) bond motifs is 1. The quantitative estimate of drug-likeness (QED) is 0.625. The first-order chi connectivity index (χ1) is 17.6. The number of hydrogen-bond donors (Lipinski definition) is 2. The molecule has 1 aromatic heterocycles. The minimum Gasteiger partial charge on any atom is -0.389 e. The Morgan fingerprint density at radius 1 is 1.16 bits per heavy atom. The van der Waals surface area contributed by atoms with E-state index < -0.39 is 6.10 Å². The number of rotatable bonds is 4. The van der Waals surface area contributed by atoms with Gasteiger partial charge < -0.3 is 24.8 Å². The van der Waals surface area contributed by atoms with Crippen LogP contribution in [0.2, 0.25) is 5.02 Å². The highest BCUT2D eigenvalue weighted by atomic mass is 35.5. The molecular weight excluding hydrogens is 492 g/mol. The lowest BCUT2D eigenvalue weighted by Gasteiger charge is -2.45. The molecule has 1 amide bonds. The summed E-state index contributed by atoms with van der Waals surface area (Å²) in [7, 11) is 0. The van der Waals surface area contributed by atoms with Gasteiger partial charge in [0.15, 0.2) is 0 Å². The molecule has 1 spiro atoms. The largest absolute Gasteiger partial charge is 0.389 e. The zero-order chi connectivity index (χ0) is 26.0. The smallest absolute Gasteiger partial charge is 0.229 e. The molecule has 200 valence electrons. The number of halogens is 1. The number of aromatic nitrogens is 1. The fourth-order valence-electron chi connectivity index (χ4n) is 6.80. The van der Waals surface area contributed by atoms with Crippen molar-refractivity contribution in [2.75, 3.05) is 56.2 Å². The van der Waals surface area contributed by atoms with Gasteiger partial charge in [-0.1, -0.05) is 11.6 Å². The number of piperazine rings is 1. The number of nitrogens with zero attached hydrogens (tertiary/aromatic N) is 3. The molecule has 0 bridgehead atoms. The third-order valence-electron chi connectivity index (χ3n) is 9.15. The molecule has 8 nitrogen and oxygen atoms in total. The number of nitrogens with one attached hydrogen (secondary N) is 1. The second-order valence-electron chi connectivity index (χ2n) is 12.2. The van der Waals surface area contributed by atoms with Crippen LogP contribution >= 0.6 is 11.6 Å². The van der Waals surface area contributed by atoms with Gasteiger partial charge in [-0.15, -0.1) is 0 Å². The Morgan fingerprint density at radius 2 is 1.95 bits per heavy atom. The average molecular weight is 529 g/mol. The van der Waals surface area contributed by atoms with Crippen LogP contribution in [0.15, 0.2) is 24.4 Å². The van der Waals surface area contributed by atoms with Crippen molar-refractivity contribution in [2.45, 2.75) is 57.3 Å². The normalized spacial score (nSPS) is 33.7. The van der Waals surface area contributed by atoms with Crippen molar-refractivity contribution in [3.63, 3.8) is 0 Å². The average Bonchev–Trinajstić information content (AvgIpc) is 3.42. The molecule has 2 aromatic rings. The number of carbonyl (C=O) groups excluding carboxylic acids is 1. The minimum atomic E-state index is -0.465. The summed E-state index contributed by atoms with van der Waals surface area (Å²) in [5, 5.41) is 16.1. The Balaban J connectivity index is 1.15. The first kappa shape index (κ1) is 25.3. The van der Waals surface area contributed by atoms with E-state index in [2.05, 4.69) is 46.9 Å². The molecule has 1 aliphatic carbocycles. The Labute approximate surface area is 223 Å². The number of amides is 1. The molecule has 6 rings (SSSR count). The van der Waals surface area contributed by atoms with Crippen LogP contribution in [0.1, 0.15) is 40.0 Å². The van der Waals surface area contributed by atoms with Gasteiger partial charge in [0.05, 0.1) is 41.2 Å². The second kappa shape index (κ2) is 9.06. The molecule has 4 atom stereocenters. The highest BCUT2D eigenvalue weighted by Gasteiger charge is 2.61. The van der Waals surface area contributed by atoms with Crippen molar-refractivity contribution in [3.8, 4) is 0 Å². The maximum atomic E-state index is 13.1. The monoisotopic (exact) mass is 528 g/mol. The molecule has 4 fully saturated rings. The maximum Gasteiger partial charge on any atom is 0.229 e. The van der Waals surface area contributed by atoms with E-state index in [0.29, 0.717) is 24.1 Å². The van der Waals surface area contributed by atoms with E-state index in [9.17, 15) is 9.90 Å². The Hall–Kier alpha value is -1.97. The summed E-state index contributed by atoms with van der Waals surface area (Å²) in [4.78, 5) is 22.2. The van der Waals surface area contributed by atoms with Crippen molar-refractivity contribution in [1.82, 2.24) is 9.88 Å². The van der Waals surface area contributed by atoms with Crippen molar-refractivity contribution >= 4 is 39.8 Å². The van der Waals surface area contributed by atoms with E-state index in [1.54, 1.807) is 6.20 Å². The third-order valence-corrected chi connectivity index (χ3v) is 9.45. The van der Waals surface area contributed by atoms with Crippen LogP contribution in [0.5, 0.6) is 0 Å². The van der Waals surface area contributed by atoms with Crippen LogP contribution in [-0.4, -0.2) is 84.1 Å². The fourth-order valence-corrected chi connectivity index (χ4v) is 7.09. The number of carbonyl (C=O) groups is 1. The first-order valence-electron chi connectivity index (χ1n) is 13.4. The van der Waals surface area contributed by atoms with Crippen molar-refractivity contribution < 1.29 is 19.4 Å². The number of ether oxygens (including phenoxy) is 2. The molecule has 3 saturated heterocycles. The van der Waals surface area contributed by atoms with Gasteiger partial charge in [0.25, 0.3) is 0 Å². The summed E-state index contributed by atoms with van der Waals surface area (Å²) in [6, 6.07) is 5.99. The van der Waals surface area contributed by atoms with Crippen LogP contribution in [0.25, 0.3) is 10.8 Å². The molecule has 4 heterocycles. The summed E-state index contributed by atoms with van der Waals surface area (Å²) in [5.74, 6) is 0.657. The number of benzene rings is 1. The van der Waals surface area contributed by atoms with E-state index in [-0.39, 0.29) is 28.4 Å². The van der Waals surface area contributed by atoms with Crippen LogP contribution in [0.3, 0.4) is 0 Å². The van der Waals surface area contributed by atoms with Gasteiger partial charge >= 0.3 is 0 Å². The Morgan fingerprint density at radius 3 is 2.65 bits per heavy atom. The van der Waals surface area contributed by atoms with Gasteiger partial charge in [-0.3, -0.25) is 9.69 Å². The zero-order valence-electron chi connectivity index (χ0n) is 21.9. The lowest BCUT2D eigenvalue weighted by molar-refractivity contribution is -0.120. The number of hydrogen-bond acceptors (Lipinski definition) is 7. The molecule has 2 N–H and O–H groups in total. The molecule has 4 aliphatic rings. The zero-order valence-corrected chi connectivity index (χ0v) is 22.7. The van der Waals surface area contributed by atoms with Crippen LogP contribution < -0.4 is 10.2 Å². The second-order valence-corrected chi connectivity index (χ2v) is 12.6. The lowest BCUT2D eigenvalue weighted by Crippen LogP contribution is -2.60. The Kier molecular flexibility index (Phi) is 6.20. The fraction of sp³-hybridized carbons (Fsp3) is 0.643. The predicted octanol–water partition coefficient (Wildman–Crippen LogP) is 3.69. The first-order valence-corrected chi connectivity index (χ1v) is 13.8. The lowest BCUT2D eigenvalue weighted by atomic mass is 9.83. The van der Waals surface area contributed by atoms with Gasteiger partial charge in [-0.25, -0.2) is 4.98 Å². The summed E-state index contributed by atoms with van der Waals surface area (Å²) in [6.07, 6.45) is 4.10. The molecule has 1 saturated carbocycles. The van der Waals surface area contributed by atoms with Gasteiger partial charge in [-0.05, 0) is 69.0 Å². The summed E-state index contributed by atoms with van der Waals surface area (Å²) < 4.78 is 11.4. The van der Waals surface area contributed by atoms with Gasteiger partial charge in [0.1, 0.15) is 5.82 Å². The number of aliphatic hydroxyl groups excluding tert-OH is 1. The standard InChI is InChI=1S/C28H37ClN4O4/c1-26(2)16-28(4-9-37-26)13-20(28)25(35)31-24-12-18-11-22(21(29)10-19(18)14-30-24)32-5-7-33(8-6-32)27(3)17-36-15-23(27)34/h10-12,14,20,23,34H,4-9,13,15-17H2,1-3H3,(H,30,31,35)/t20-,23-,27+,28+/m0/s1. The van der Waals surface area contributed by atoms with Gasteiger partial charge in [-0.2, -0.15) is 0 Å². The van der Waals surface area contributed by atoms with Crippen LogP contribution in [0, 0.1) is 11.3 Å². The number of pyridine rings is 1. The molecule has 9 heteroatoms. The van der Waals surface area contributed by atoms with Crippen LogP contribution in [0.4, 0.5) is 11.5 Å². The molecule has 3 aliphatic heterocycles. The summed E-state index contributed by atoms with van der Waals surface area (Å²) >= 11 is 6.71. The van der Waals surface area contributed by atoms with E-state index in [1.807, 2.05) is 12.1 Å². The Bertz CT molecular complexity index is 1220. The van der Waals surface area contributed by atoms with E-state index >= 15 is 0 Å². The van der Waals surface area contributed by atoms with E-state index in [0.717, 1.165) is 68.5 Å². The third kappa shape index (κ3) is 4.61. The number of aliphatic hydroxyl groups is 1. The summed E-state index contributed by atoms with van der Waals surface area (Å²) in [5.41, 5.74) is 0.552. The van der Waals surface area contributed by atoms with Crippen LogP contribution in [-0.2, 0) is 14.3 Å². The predicted molar refractivity (Wildman–Crippen MR) is 144 cm³/mol. The van der Waals surface area contributed by atoms with Crippen molar-refractivity contribution in [3.05, 3.63) is 29.4 Å². The maximum absolute atomic E-state index is 13.1. The molecule has 0 unspecified atom stereocenters. The van der Waals surface area contributed by atoms with E-state index in [1.165, 1.54) is 0 Å². The molecule has 1 aromatic carbocycles. The highest BCUT2D eigenvalue weighted by Crippen LogP contribution is 2.62. The molecule has 37 heavy (non-hydrogen) atoms. The van der Waals surface area contributed by atoms with Crippen molar-refractivity contribution in [2.24, 2.45) is 11.3 Å². The highest BCUT2D eigenvalue weighted by molar-refractivity contribution is 6.34. The van der Waals surface area contributed by atoms with Gasteiger partial charge in [0, 0.05) is 50.3 Å². The number of anilines is 2. The molecule has 0 radical (unpaired) electrons. The minimum absolute atomic E-state index is 0.0240. The summed E-state index contributed by atoms with van der Waals surface area (Å²) in [6.45, 7) is 11.3. The molecular formula is C28H37ClN4O4. The van der Waals surface area contributed by atoms with E-state index in [4.69, 9.17) is 21.1 Å². The van der Waals surface area contributed by atoms with Crippen molar-refractivity contribution in [1.29, 1.82) is 0 Å². The topological polar surface area (TPSA) is 87.2 Å².